The zero-order valence-corrected chi connectivity index (χ0v) is 92.1. The minimum absolute atomic E-state index is 0.00970. The van der Waals surface area contributed by atoms with Crippen molar-refractivity contribution in [1.29, 1.82) is 0 Å². The molecule has 0 spiro atoms. The van der Waals surface area contributed by atoms with E-state index in [1.165, 1.54) is 308 Å². The number of ether oxygens (including phenoxy) is 9. The Labute approximate surface area is 845 Å². The highest BCUT2D eigenvalue weighted by Crippen LogP contribution is 2.37. The van der Waals surface area contributed by atoms with Crippen molar-refractivity contribution in [3.05, 3.63) is 0 Å². The van der Waals surface area contributed by atoms with E-state index in [2.05, 4.69) is 83.1 Å². The lowest BCUT2D eigenvalue weighted by Gasteiger charge is -2.47. The normalized spacial score (nSPS) is 18.6. The van der Waals surface area contributed by atoms with Crippen LogP contribution in [0.15, 0.2) is 0 Å². The average molecular weight is 1940 g/mol. The van der Waals surface area contributed by atoms with Gasteiger partial charge in [0.1, 0.15) is 24.9 Å². The summed E-state index contributed by atoms with van der Waals surface area (Å²) < 4.78 is 58.7. The van der Waals surface area contributed by atoms with Crippen LogP contribution in [0.3, 0.4) is 0 Å². The Morgan fingerprint density at radius 1 is 0.204 bits per heavy atom. The van der Waals surface area contributed by atoms with Crippen molar-refractivity contribution in [2.45, 2.75) is 684 Å². The van der Waals surface area contributed by atoms with Crippen molar-refractivity contribution in [2.24, 2.45) is 35.5 Å². The number of rotatable bonds is 100. The molecule has 2 aliphatic heterocycles. The van der Waals surface area contributed by atoms with Gasteiger partial charge in [-0.25, -0.2) is 0 Å². The van der Waals surface area contributed by atoms with Gasteiger partial charge in [0.2, 0.25) is 6.29 Å². The molecule has 137 heavy (non-hydrogen) atoms. The summed E-state index contributed by atoms with van der Waals surface area (Å²) >= 11 is 0. The molecule has 0 radical (unpaired) electrons. The summed E-state index contributed by atoms with van der Waals surface area (Å²) in [6.45, 7) is 26.3. The first kappa shape index (κ1) is 130. The number of carbonyl (C=O) groups is 6. The van der Waals surface area contributed by atoms with E-state index in [4.69, 9.17) is 42.6 Å². The lowest BCUT2D eigenvalue weighted by Crippen LogP contribution is -2.66. The zero-order chi connectivity index (χ0) is 99.9. The molecule has 0 aromatic heterocycles. The third kappa shape index (κ3) is 78.6. The Hall–Kier alpha value is -3.38. The first-order valence-corrected chi connectivity index (χ1v) is 59.9. The van der Waals surface area contributed by atoms with E-state index in [0.717, 1.165) is 190 Å². The SMILES string of the molecule is CC(C)CCCCCCCCCCCCCCC(=O)OC[C@H]1O[C@H](O[C@H]2O[C@H](CO)[C@@H](OC(=O)CCCCCCCCCCCCCCC(C)C)[C@H](OC(=O)CCCCCCCCCCCCCCC(C)C)[C@H]2OC(=O)CCCCCCCCCCCCCCC(C)C)[C@H](O)[C@@H](OC(=O)CCCCCCCCCCCCCCC(C)C)[C@@H]1OC(=O)CCCCCCCCCCCCCCC(C)C. The van der Waals surface area contributed by atoms with Gasteiger partial charge in [-0.2, -0.15) is 0 Å². The van der Waals surface area contributed by atoms with Crippen molar-refractivity contribution in [2.75, 3.05) is 13.2 Å². The lowest BCUT2D eigenvalue weighted by atomic mass is 9.96. The van der Waals surface area contributed by atoms with Crippen LogP contribution < -0.4 is 0 Å². The van der Waals surface area contributed by atoms with E-state index >= 15 is 0 Å². The van der Waals surface area contributed by atoms with Crippen LogP contribution in [-0.4, -0.2) is 121 Å². The molecule has 10 atom stereocenters. The number of unbranched alkanes of at least 4 members (excludes halogenated alkanes) is 66. The standard InChI is InChI=1S/C120H226O17/c1-99(2)85-73-61-49-37-25-13-19-31-43-55-67-79-91-107(122)129-98-106-115(133-109(124)93-81-69-57-45-33-21-15-27-39-51-63-75-87-101(5)6)116(134-110(125)94-82-70-58-46-34-22-16-28-40-52-64-76-88-102(7)8)113(128)119(131-106)137-120-118(136-112(127)96-84-72-60-48-36-24-18-30-42-54-66-78-90-104(11)12)117(135-111(126)95-83-71-59-47-35-23-17-29-41-53-65-77-89-103(9)10)114(105(97-121)130-120)132-108(123)92-80-68-56-44-32-20-14-26-38-50-62-74-86-100(3)4/h99-106,113-121,128H,13-98H2,1-12H3/t105-,106-,113-,114-,115-,116-,117+,118-,119-,120-/m1/s1. The summed E-state index contributed by atoms with van der Waals surface area (Å²) in [5.41, 5.74) is 0. The van der Waals surface area contributed by atoms with Crippen molar-refractivity contribution >= 4 is 35.8 Å². The molecule has 0 amide bonds. The highest BCUT2D eigenvalue weighted by atomic mass is 16.8. The van der Waals surface area contributed by atoms with Gasteiger partial charge >= 0.3 is 35.8 Å². The number of esters is 6. The molecule has 0 aliphatic carbocycles. The summed E-state index contributed by atoms with van der Waals surface area (Å²) in [4.78, 5) is 87.2. The molecular weight excluding hydrogens is 1710 g/mol. The Bertz CT molecular complexity index is 2720. The van der Waals surface area contributed by atoms with E-state index in [-0.39, 0.29) is 38.5 Å². The summed E-state index contributed by atoms with van der Waals surface area (Å²) in [5, 5.41) is 24.7. The minimum Gasteiger partial charge on any atom is -0.463 e. The first-order chi connectivity index (χ1) is 66.5. The number of aliphatic hydroxyl groups is 2. The van der Waals surface area contributed by atoms with Gasteiger partial charge in [-0.05, 0) is 74.0 Å². The van der Waals surface area contributed by atoms with Gasteiger partial charge in [0.15, 0.2) is 36.8 Å². The first-order valence-electron chi connectivity index (χ1n) is 59.9. The molecule has 0 unspecified atom stereocenters. The van der Waals surface area contributed by atoms with Crippen LogP contribution in [0.25, 0.3) is 0 Å². The second kappa shape index (κ2) is 92.5. The topological polar surface area (TPSA) is 226 Å². The second-order valence-electron chi connectivity index (χ2n) is 45.4. The van der Waals surface area contributed by atoms with Crippen molar-refractivity contribution < 1.29 is 81.6 Å². The molecule has 2 N–H and O–H groups in total. The van der Waals surface area contributed by atoms with Gasteiger partial charge in [-0.3, -0.25) is 28.8 Å². The van der Waals surface area contributed by atoms with Gasteiger partial charge in [0, 0.05) is 38.5 Å². The fraction of sp³-hybridized carbons (Fsp3) is 0.950. The molecule has 17 heteroatoms. The number of hydrogen-bond acceptors (Lipinski definition) is 17. The summed E-state index contributed by atoms with van der Waals surface area (Å²) in [6, 6.07) is 0. The highest BCUT2D eigenvalue weighted by Gasteiger charge is 2.57. The zero-order valence-electron chi connectivity index (χ0n) is 92.1. The maximum absolute atomic E-state index is 14.8. The van der Waals surface area contributed by atoms with Gasteiger partial charge in [0.25, 0.3) is 0 Å². The van der Waals surface area contributed by atoms with Crippen LogP contribution in [0.5, 0.6) is 0 Å². The van der Waals surface area contributed by atoms with Crippen LogP contribution in [0.2, 0.25) is 0 Å². The predicted octanol–water partition coefficient (Wildman–Crippen LogP) is 34.6. The summed E-state index contributed by atoms with van der Waals surface area (Å²) in [7, 11) is 0. The van der Waals surface area contributed by atoms with E-state index in [1.54, 1.807) is 0 Å². The number of hydrogen-bond donors (Lipinski definition) is 2. The van der Waals surface area contributed by atoms with E-state index < -0.39 is 110 Å². The minimum atomic E-state index is -1.92. The lowest BCUT2D eigenvalue weighted by molar-refractivity contribution is -0.377. The maximum atomic E-state index is 14.8. The Kier molecular flexibility index (Phi) is 87.5. The second-order valence-corrected chi connectivity index (χ2v) is 45.4. The molecule has 0 bridgehead atoms. The van der Waals surface area contributed by atoms with Crippen molar-refractivity contribution in [3.63, 3.8) is 0 Å². The largest absolute Gasteiger partial charge is 0.463 e. The van der Waals surface area contributed by atoms with Crippen LogP contribution in [0, 0.1) is 35.5 Å². The Balaban J connectivity index is 2.68. The molecule has 0 aromatic carbocycles. The quantitative estimate of drug-likeness (QED) is 0.0328. The molecule has 2 aliphatic rings. The van der Waals surface area contributed by atoms with Crippen LogP contribution in [-0.2, 0) is 71.4 Å². The molecule has 0 saturated carbocycles. The summed E-state index contributed by atoms with van der Waals surface area (Å²) in [6.07, 6.45) is 72.0. The Morgan fingerprint density at radius 3 is 0.584 bits per heavy atom. The smallest absolute Gasteiger partial charge is 0.306 e. The van der Waals surface area contributed by atoms with Crippen LogP contribution in [0.4, 0.5) is 0 Å². The molecule has 2 fully saturated rings. The van der Waals surface area contributed by atoms with Gasteiger partial charge in [0.05, 0.1) is 6.61 Å². The van der Waals surface area contributed by atoms with Crippen molar-refractivity contribution in [1.82, 2.24) is 0 Å². The van der Waals surface area contributed by atoms with E-state index in [0.29, 0.717) is 38.5 Å². The fourth-order valence-electron chi connectivity index (χ4n) is 19.9. The number of carbonyl (C=O) groups excluding carboxylic acids is 6. The van der Waals surface area contributed by atoms with Gasteiger partial charge in [-0.1, -0.05) is 545 Å². The van der Waals surface area contributed by atoms with Crippen molar-refractivity contribution in [3.8, 4) is 0 Å². The monoisotopic (exact) mass is 1940 g/mol. The maximum Gasteiger partial charge on any atom is 0.306 e. The molecule has 2 heterocycles. The molecular formula is C120H226O17. The van der Waals surface area contributed by atoms with Gasteiger partial charge in [-0.15, -0.1) is 0 Å². The average Bonchev–Trinajstić information content (AvgIpc) is 0.769. The molecule has 17 nitrogen and oxygen atoms in total. The van der Waals surface area contributed by atoms with E-state index in [9.17, 15) is 39.0 Å². The third-order valence-corrected chi connectivity index (χ3v) is 28.9. The third-order valence-electron chi connectivity index (χ3n) is 28.9. The van der Waals surface area contributed by atoms with Crippen LogP contribution >= 0.6 is 0 Å². The highest BCUT2D eigenvalue weighted by molar-refractivity contribution is 5.72. The van der Waals surface area contributed by atoms with E-state index in [1.807, 2.05) is 0 Å². The molecule has 0 aromatic rings. The number of aliphatic hydroxyl groups excluding tert-OH is 2. The predicted molar refractivity (Wildman–Crippen MR) is 569 cm³/mol. The fourth-order valence-corrected chi connectivity index (χ4v) is 19.9. The van der Waals surface area contributed by atoms with Gasteiger partial charge < -0.3 is 52.8 Å². The Morgan fingerprint density at radius 2 is 0.372 bits per heavy atom. The van der Waals surface area contributed by atoms with Crippen LogP contribution in [0.1, 0.15) is 622 Å². The summed E-state index contributed by atoms with van der Waals surface area (Å²) in [5.74, 6) is 0.962. The molecule has 2 rings (SSSR count). The molecule has 808 valence electrons. The molecule has 2 saturated heterocycles.